The Bertz CT molecular complexity index is 65.1. The highest BCUT2D eigenvalue weighted by Crippen LogP contribution is 2.18. The maximum atomic E-state index is 10.2. The van der Waals surface area contributed by atoms with Crippen molar-refractivity contribution < 1.29 is 0 Å². The molecule has 1 saturated heterocycles. The second-order valence-electron chi connectivity index (χ2n) is 2.04. The van der Waals surface area contributed by atoms with Crippen LogP contribution in [-0.4, -0.2) is 17.6 Å². The lowest BCUT2D eigenvalue weighted by molar-refractivity contribution is 0.629. The smallest absolute Gasteiger partial charge is 0.00947 e. The van der Waals surface area contributed by atoms with Crippen molar-refractivity contribution in [2.75, 3.05) is 6.54 Å². The van der Waals surface area contributed by atoms with Crippen molar-refractivity contribution in [3.05, 3.63) is 5.21 Å². The summed E-state index contributed by atoms with van der Waals surface area (Å²) in [6, 6.07) is 0.394. The van der Waals surface area contributed by atoms with Gasteiger partial charge in [-0.1, -0.05) is 13.3 Å². The molecule has 2 atom stereocenters. The lowest BCUT2D eigenvalue weighted by Crippen LogP contribution is -1.89. The normalized spacial score (nSPS) is 38.6. The van der Waals surface area contributed by atoms with Gasteiger partial charge in [0.15, 0.2) is 0 Å². The van der Waals surface area contributed by atoms with E-state index < -0.39 is 0 Å². The Hall–Kier alpha value is -0.0800. The molecular weight excluding hydrogens is 90.1 g/mol. The zero-order valence-electron chi connectivity index (χ0n) is 4.55. The number of hydrogen-bond donors (Lipinski definition) is 0. The van der Waals surface area contributed by atoms with Crippen molar-refractivity contribution in [2.45, 2.75) is 25.8 Å². The Morgan fingerprint density at radius 2 is 2.43 bits per heavy atom. The molecule has 2 nitrogen and oxygen atoms in total. The predicted molar refractivity (Wildman–Crippen MR) is 28.8 cm³/mol. The van der Waals surface area contributed by atoms with Crippen molar-refractivity contribution in [2.24, 2.45) is 0 Å². The van der Waals surface area contributed by atoms with Gasteiger partial charge in [0, 0.05) is 12.6 Å². The van der Waals surface area contributed by atoms with E-state index in [1.807, 2.05) is 0 Å². The van der Waals surface area contributed by atoms with E-state index in [9.17, 15) is 5.21 Å². The van der Waals surface area contributed by atoms with Crippen molar-refractivity contribution in [3.8, 4) is 0 Å². The van der Waals surface area contributed by atoms with Gasteiger partial charge in [-0.15, -0.1) is 0 Å². The van der Waals surface area contributed by atoms with Crippen LogP contribution in [0.2, 0.25) is 0 Å². The Balaban J connectivity index is 1.98. The van der Waals surface area contributed by atoms with Gasteiger partial charge < -0.3 is 10.3 Å². The van der Waals surface area contributed by atoms with Gasteiger partial charge in [-0.25, -0.2) is 0 Å². The van der Waals surface area contributed by atoms with E-state index >= 15 is 0 Å². The molecule has 0 aromatic rings. The molecule has 1 aliphatic heterocycles. The molecule has 1 unspecified atom stereocenters. The summed E-state index contributed by atoms with van der Waals surface area (Å²) < 4.78 is 0. The van der Waals surface area contributed by atoms with E-state index in [1.54, 1.807) is 0 Å². The molecule has 0 amide bonds. The molecule has 1 rings (SSSR count). The number of hydroxylamine groups is 2. The molecule has 7 heavy (non-hydrogen) atoms. The molecule has 0 aromatic carbocycles. The lowest BCUT2D eigenvalue weighted by Gasteiger charge is -2.02. The van der Waals surface area contributed by atoms with E-state index in [1.165, 1.54) is 0 Å². The Morgan fingerprint density at radius 3 is 2.57 bits per heavy atom. The standard InChI is InChI=1S/C5H10NO/c1-2-3-5-4-6(5)7/h5H,2-4H2,1H3/q-1/t5-,6?/m1/s1. The molecule has 2 heteroatoms. The highest BCUT2D eigenvalue weighted by Gasteiger charge is 2.22. The molecule has 1 fully saturated rings. The van der Waals surface area contributed by atoms with Crippen LogP contribution >= 0.6 is 0 Å². The fourth-order valence-electron chi connectivity index (χ4n) is 0.729. The van der Waals surface area contributed by atoms with Gasteiger partial charge in [0.2, 0.25) is 0 Å². The average molecular weight is 100 g/mol. The highest BCUT2D eigenvalue weighted by molar-refractivity contribution is 4.88. The molecule has 42 valence electrons. The molecule has 0 spiro atoms. The molecule has 0 bridgehead atoms. The van der Waals surface area contributed by atoms with Gasteiger partial charge in [-0.3, -0.25) is 0 Å². The van der Waals surface area contributed by atoms with Gasteiger partial charge in [0.05, 0.1) is 0 Å². The summed E-state index contributed by atoms with van der Waals surface area (Å²) in [6.07, 6.45) is 2.23. The quantitative estimate of drug-likeness (QED) is 0.483. The van der Waals surface area contributed by atoms with Crippen LogP contribution < -0.4 is 0 Å². The number of nitrogens with zero attached hydrogens (tertiary/aromatic N) is 1. The third-order valence-electron chi connectivity index (χ3n) is 1.29. The SMILES string of the molecule is CCC[C@@H]1CN1[O-]. The summed E-state index contributed by atoms with van der Waals surface area (Å²) in [6.45, 7) is 2.89. The van der Waals surface area contributed by atoms with Crippen molar-refractivity contribution in [1.82, 2.24) is 5.06 Å². The number of hydrogen-bond acceptors (Lipinski definition) is 2. The fourth-order valence-corrected chi connectivity index (χ4v) is 0.729. The van der Waals surface area contributed by atoms with Crippen LogP contribution in [0.4, 0.5) is 0 Å². The summed E-state index contributed by atoms with van der Waals surface area (Å²) in [5, 5.41) is 11.3. The molecule has 0 aliphatic carbocycles. The first-order valence-corrected chi connectivity index (χ1v) is 2.78. The third-order valence-corrected chi connectivity index (χ3v) is 1.29. The Kier molecular flexibility index (Phi) is 1.30. The fraction of sp³-hybridized carbons (Fsp3) is 1.00. The minimum Gasteiger partial charge on any atom is -0.785 e. The Labute approximate surface area is 43.7 Å². The van der Waals surface area contributed by atoms with Gasteiger partial charge in [-0.2, -0.15) is 0 Å². The van der Waals surface area contributed by atoms with Gasteiger partial charge in [-0.05, 0) is 6.42 Å². The van der Waals surface area contributed by atoms with Crippen LogP contribution in [0.25, 0.3) is 0 Å². The van der Waals surface area contributed by atoms with E-state index in [-0.39, 0.29) is 0 Å². The summed E-state index contributed by atoms with van der Waals surface area (Å²) in [5.74, 6) is 0. The van der Waals surface area contributed by atoms with Crippen molar-refractivity contribution >= 4 is 0 Å². The first-order valence-electron chi connectivity index (χ1n) is 2.78. The second-order valence-corrected chi connectivity index (χ2v) is 2.04. The first kappa shape index (κ1) is 5.06. The van der Waals surface area contributed by atoms with Gasteiger partial charge in [0.1, 0.15) is 0 Å². The summed E-state index contributed by atoms with van der Waals surface area (Å²) in [4.78, 5) is 0. The average Bonchev–Trinajstić information content (AvgIpc) is 2.22. The van der Waals surface area contributed by atoms with E-state index in [2.05, 4.69) is 6.92 Å². The van der Waals surface area contributed by atoms with Crippen LogP contribution in [0.1, 0.15) is 19.8 Å². The zero-order chi connectivity index (χ0) is 5.28. The first-order chi connectivity index (χ1) is 3.34. The van der Waals surface area contributed by atoms with E-state index in [0.29, 0.717) is 6.04 Å². The molecule has 1 heterocycles. The minimum absolute atomic E-state index is 0.394. The topological polar surface area (TPSA) is 26.1 Å². The molecule has 0 radical (unpaired) electrons. The van der Waals surface area contributed by atoms with E-state index in [0.717, 1.165) is 24.4 Å². The summed E-state index contributed by atoms with van der Waals surface area (Å²) in [7, 11) is 0. The van der Waals surface area contributed by atoms with Crippen molar-refractivity contribution in [3.63, 3.8) is 0 Å². The maximum Gasteiger partial charge on any atom is 0.00947 e. The van der Waals surface area contributed by atoms with Crippen LogP contribution in [0, 0.1) is 5.21 Å². The third kappa shape index (κ3) is 1.14. The highest BCUT2D eigenvalue weighted by atomic mass is 16.5. The maximum absolute atomic E-state index is 10.2. The molecule has 0 aromatic heterocycles. The monoisotopic (exact) mass is 100 g/mol. The van der Waals surface area contributed by atoms with Crippen LogP contribution in [0.15, 0.2) is 0 Å². The molecular formula is C5H10NO-. The van der Waals surface area contributed by atoms with Gasteiger partial charge >= 0.3 is 0 Å². The zero-order valence-corrected chi connectivity index (χ0v) is 4.55. The summed E-state index contributed by atoms with van der Waals surface area (Å²) in [5.41, 5.74) is 0. The summed E-state index contributed by atoms with van der Waals surface area (Å²) >= 11 is 0. The van der Waals surface area contributed by atoms with Crippen LogP contribution in [0.3, 0.4) is 0 Å². The second kappa shape index (κ2) is 1.80. The van der Waals surface area contributed by atoms with Crippen LogP contribution in [0.5, 0.6) is 0 Å². The largest absolute Gasteiger partial charge is 0.785 e. The molecule has 1 aliphatic rings. The van der Waals surface area contributed by atoms with Crippen molar-refractivity contribution in [1.29, 1.82) is 0 Å². The van der Waals surface area contributed by atoms with Crippen LogP contribution in [-0.2, 0) is 0 Å². The predicted octanol–water partition coefficient (Wildman–Crippen LogP) is 0.969. The van der Waals surface area contributed by atoms with E-state index in [4.69, 9.17) is 0 Å². The molecule has 0 N–H and O–H groups in total. The Morgan fingerprint density at radius 1 is 1.86 bits per heavy atom. The molecule has 0 saturated carbocycles. The van der Waals surface area contributed by atoms with Gasteiger partial charge in [0.25, 0.3) is 0 Å². The number of rotatable bonds is 2. The minimum atomic E-state index is 0.394. The lowest BCUT2D eigenvalue weighted by atomic mass is 10.3.